The molecule has 4 heteroatoms. The zero-order chi connectivity index (χ0) is 2.71. The van der Waals surface area contributed by atoms with Gasteiger partial charge in [-0.1, -0.05) is 5.64 Å². The Morgan fingerprint density at radius 1 is 1.25 bits per heavy atom. The summed E-state index contributed by atoms with van der Waals surface area (Å²) < 4.78 is 0. The van der Waals surface area contributed by atoms with Gasteiger partial charge >= 0.3 is 0 Å². The monoisotopic (exact) mass is 66.0 g/mol. The van der Waals surface area contributed by atoms with Gasteiger partial charge in [-0.15, -0.1) is 0 Å². The van der Waals surface area contributed by atoms with Gasteiger partial charge in [0, 0.05) is 0 Å². The van der Waals surface area contributed by atoms with E-state index in [9.17, 15) is 0 Å². The topological polar surface area (TPSA) is 87.5 Å². The lowest BCUT2D eigenvalue weighted by Gasteiger charge is -1.61. The Hall–Kier alpha value is -0.160. The summed E-state index contributed by atoms with van der Waals surface area (Å²) >= 11 is 0. The highest BCUT2D eigenvalue weighted by Crippen LogP contribution is 0.931. The summed E-state index contributed by atoms with van der Waals surface area (Å²) in [5.41, 5.74) is 0.750. The third-order valence-electron chi connectivity index (χ3n) is 0. The fourth-order valence-corrected chi connectivity index (χ4v) is 0. The summed E-state index contributed by atoms with van der Waals surface area (Å²) in [6.07, 6.45) is 0. The van der Waals surface area contributed by atoms with Crippen molar-refractivity contribution >= 4 is 0 Å². The van der Waals surface area contributed by atoms with Gasteiger partial charge in [-0.2, -0.15) is 0 Å². The first-order valence-corrected chi connectivity index (χ1v) is 0.447. The summed E-state index contributed by atoms with van der Waals surface area (Å²) in [7, 11) is 0. The van der Waals surface area contributed by atoms with Gasteiger partial charge < -0.3 is 6.15 Å². The van der Waals surface area contributed by atoms with Crippen LogP contribution in [0, 0.1) is 0 Å². The fourth-order valence-electron chi connectivity index (χ4n) is 0. The third kappa shape index (κ3) is 50.7. The first-order valence-electron chi connectivity index (χ1n) is 0.447. The molecule has 0 radical (unpaired) electrons. The lowest BCUT2D eigenvalue weighted by Crippen LogP contribution is -1.93. The SMILES string of the molecule is N.ONO. The van der Waals surface area contributed by atoms with E-state index in [-0.39, 0.29) is 6.15 Å². The van der Waals surface area contributed by atoms with Crippen LogP contribution in [0.15, 0.2) is 0 Å². The molecule has 0 aromatic rings. The standard InChI is InChI=1S/H3NO2.H3N/c2-1-3;/h1-3H;1H3. The van der Waals surface area contributed by atoms with Crippen LogP contribution in [0.4, 0.5) is 0 Å². The first kappa shape index (κ1) is 9.15. The van der Waals surface area contributed by atoms with Crippen molar-refractivity contribution in [3.05, 3.63) is 0 Å². The molecule has 0 unspecified atom stereocenters. The maximum atomic E-state index is 6.88. The third-order valence-corrected chi connectivity index (χ3v) is 0. The molecule has 0 aromatic carbocycles. The van der Waals surface area contributed by atoms with Crippen LogP contribution >= 0.6 is 0 Å². The van der Waals surface area contributed by atoms with E-state index >= 15 is 0 Å². The molecule has 0 fully saturated rings. The Labute approximate surface area is 23.6 Å². The smallest absolute Gasteiger partial charge is 0.0853 e. The Morgan fingerprint density at radius 2 is 1.25 bits per heavy atom. The van der Waals surface area contributed by atoms with Crippen LogP contribution in [0.2, 0.25) is 0 Å². The highest BCUT2D eigenvalue weighted by atomic mass is 16.7. The second-order valence-electron chi connectivity index (χ2n) is 0.100. The van der Waals surface area contributed by atoms with Crippen LogP contribution in [-0.2, 0) is 0 Å². The normalized spacial score (nSPS) is 4.50. The van der Waals surface area contributed by atoms with Crippen molar-refractivity contribution in [3.63, 3.8) is 0 Å². The highest BCUT2D eigenvalue weighted by molar-refractivity contribution is 3.07. The molecule has 0 aliphatic rings. The Balaban J connectivity index is 0. The molecular formula is H6N2O2. The summed E-state index contributed by atoms with van der Waals surface area (Å²) in [6.45, 7) is 0. The van der Waals surface area contributed by atoms with E-state index in [0.29, 0.717) is 0 Å². The minimum absolute atomic E-state index is 0. The van der Waals surface area contributed by atoms with Crippen molar-refractivity contribution < 1.29 is 10.4 Å². The van der Waals surface area contributed by atoms with Crippen molar-refractivity contribution in [1.29, 1.82) is 0 Å². The molecule has 6 N–H and O–H groups in total. The summed E-state index contributed by atoms with van der Waals surface area (Å²) in [5, 5.41) is 13.8. The van der Waals surface area contributed by atoms with Gasteiger partial charge in [0.15, 0.2) is 0 Å². The Morgan fingerprint density at radius 3 is 1.25 bits per heavy atom. The van der Waals surface area contributed by atoms with E-state index in [1.807, 2.05) is 0 Å². The van der Waals surface area contributed by atoms with E-state index in [4.69, 9.17) is 10.4 Å². The second kappa shape index (κ2) is 13.6. The number of rotatable bonds is 0. The van der Waals surface area contributed by atoms with Gasteiger partial charge in [-0.25, -0.2) is 0 Å². The average Bonchev–Trinajstić information content (AvgIpc) is 0.918. The van der Waals surface area contributed by atoms with E-state index in [1.165, 1.54) is 0 Å². The van der Waals surface area contributed by atoms with E-state index in [2.05, 4.69) is 0 Å². The Kier molecular flexibility index (Phi) is 31.2. The van der Waals surface area contributed by atoms with E-state index < -0.39 is 0 Å². The largest absolute Gasteiger partial charge is 0.344 e. The van der Waals surface area contributed by atoms with Crippen LogP contribution < -0.4 is 11.8 Å². The van der Waals surface area contributed by atoms with Crippen LogP contribution in [0.25, 0.3) is 0 Å². The maximum absolute atomic E-state index is 6.88. The predicted molar refractivity (Wildman–Crippen MR) is 11.7 cm³/mol. The molecule has 0 aliphatic carbocycles. The fraction of sp³-hybridized carbons (Fsp3) is 0. The van der Waals surface area contributed by atoms with Crippen LogP contribution in [-0.4, -0.2) is 10.4 Å². The molecule has 0 rings (SSSR count). The molecule has 4 heavy (non-hydrogen) atoms. The van der Waals surface area contributed by atoms with Gasteiger partial charge in [0.1, 0.15) is 0 Å². The van der Waals surface area contributed by atoms with Gasteiger partial charge in [0.2, 0.25) is 0 Å². The molecule has 0 amide bonds. The zero-order valence-electron chi connectivity index (χ0n) is 2.10. The molecule has 0 atom stereocenters. The van der Waals surface area contributed by atoms with Crippen molar-refractivity contribution in [1.82, 2.24) is 11.8 Å². The molecule has 0 saturated heterocycles. The van der Waals surface area contributed by atoms with Gasteiger partial charge in [0.05, 0.1) is 0 Å². The molecule has 4 nitrogen and oxygen atoms in total. The molecule has 0 saturated carbocycles. The van der Waals surface area contributed by atoms with Crippen molar-refractivity contribution in [3.8, 4) is 0 Å². The van der Waals surface area contributed by atoms with E-state index in [1.54, 1.807) is 0 Å². The molecule has 0 aliphatic heterocycles. The molecule has 0 heterocycles. The molecule has 0 spiro atoms. The van der Waals surface area contributed by atoms with Gasteiger partial charge in [-0.3, -0.25) is 10.4 Å². The zero-order valence-corrected chi connectivity index (χ0v) is 2.10. The molecule has 0 aromatic heterocycles. The minimum Gasteiger partial charge on any atom is -0.344 e. The second-order valence-corrected chi connectivity index (χ2v) is 0.100. The van der Waals surface area contributed by atoms with Crippen LogP contribution in [0.1, 0.15) is 0 Å². The number of hydrogen-bond acceptors (Lipinski definition) is 4. The number of nitrogens with one attached hydrogen (secondary N) is 1. The van der Waals surface area contributed by atoms with Crippen LogP contribution in [0.3, 0.4) is 0 Å². The van der Waals surface area contributed by atoms with Crippen LogP contribution in [0.5, 0.6) is 0 Å². The lowest BCUT2D eigenvalue weighted by atomic mass is 13.3. The Bertz CT molecular complexity index is 4.00. The molecule has 28 valence electrons. The maximum Gasteiger partial charge on any atom is -0.0853 e. The van der Waals surface area contributed by atoms with Crippen molar-refractivity contribution in [2.45, 2.75) is 0 Å². The van der Waals surface area contributed by atoms with E-state index in [0.717, 1.165) is 5.64 Å². The average molecular weight is 66.1 g/mol. The highest BCUT2D eigenvalue weighted by Gasteiger charge is 1.23. The number of hydrogen-bond donors (Lipinski definition) is 4. The first-order chi connectivity index (χ1) is 1.41. The minimum atomic E-state index is 0. The quantitative estimate of drug-likeness (QED) is 0.287. The van der Waals surface area contributed by atoms with Crippen molar-refractivity contribution in [2.75, 3.05) is 0 Å². The van der Waals surface area contributed by atoms with Gasteiger partial charge in [0.25, 0.3) is 0 Å². The van der Waals surface area contributed by atoms with Crippen molar-refractivity contribution in [2.24, 2.45) is 0 Å². The summed E-state index contributed by atoms with van der Waals surface area (Å²) in [5.74, 6) is 0. The summed E-state index contributed by atoms with van der Waals surface area (Å²) in [6, 6.07) is 0. The van der Waals surface area contributed by atoms with Gasteiger partial charge in [-0.05, 0) is 0 Å². The lowest BCUT2D eigenvalue weighted by molar-refractivity contribution is -0.0678. The molecular weight excluding hydrogens is 60.0 g/mol. The summed E-state index contributed by atoms with van der Waals surface area (Å²) in [4.78, 5) is 0. The molecule has 0 bridgehead atoms. The predicted octanol–water partition coefficient (Wildman–Crippen LogP) is -0.484.